The van der Waals surface area contributed by atoms with Crippen LogP contribution in [0.2, 0.25) is 0 Å². The highest BCUT2D eigenvalue weighted by Crippen LogP contribution is 2.24. The van der Waals surface area contributed by atoms with Gasteiger partial charge in [0, 0.05) is 6.54 Å². The molecule has 1 aliphatic carbocycles. The van der Waals surface area contributed by atoms with Crippen molar-refractivity contribution in [3.63, 3.8) is 0 Å². The average molecular weight is 320 g/mol. The van der Waals surface area contributed by atoms with Crippen LogP contribution in [0.5, 0.6) is 0 Å². The summed E-state index contributed by atoms with van der Waals surface area (Å²) in [5, 5.41) is 12.2. The van der Waals surface area contributed by atoms with Crippen LogP contribution in [0.15, 0.2) is 16.5 Å². The van der Waals surface area contributed by atoms with Crippen molar-refractivity contribution in [1.82, 2.24) is 10.2 Å². The summed E-state index contributed by atoms with van der Waals surface area (Å²) in [4.78, 5) is 14.7. The van der Waals surface area contributed by atoms with Gasteiger partial charge in [0.15, 0.2) is 0 Å². The number of carbonyl (C=O) groups is 1. The van der Waals surface area contributed by atoms with Crippen LogP contribution >= 0.6 is 0 Å². The van der Waals surface area contributed by atoms with E-state index < -0.39 is 0 Å². The third-order valence-corrected chi connectivity index (χ3v) is 5.19. The zero-order chi connectivity index (χ0) is 16.1. The van der Waals surface area contributed by atoms with E-state index in [9.17, 15) is 4.79 Å². The molecule has 2 aliphatic rings. The molecule has 5 heteroatoms. The third kappa shape index (κ3) is 4.36. The molecule has 1 saturated carbocycles. The molecule has 0 spiro atoms. The van der Waals surface area contributed by atoms with Crippen LogP contribution in [0.25, 0.3) is 0 Å². The summed E-state index contributed by atoms with van der Waals surface area (Å²) in [5.41, 5.74) is 0. The first kappa shape index (κ1) is 16.5. The van der Waals surface area contributed by atoms with Crippen molar-refractivity contribution in [1.29, 1.82) is 0 Å². The summed E-state index contributed by atoms with van der Waals surface area (Å²) >= 11 is 0. The van der Waals surface area contributed by atoms with Crippen LogP contribution in [0.3, 0.4) is 0 Å². The van der Waals surface area contributed by atoms with Gasteiger partial charge in [-0.2, -0.15) is 0 Å². The van der Waals surface area contributed by atoms with Gasteiger partial charge in [-0.05, 0) is 50.3 Å². The number of carbonyl (C=O) groups excluding carboxylic acids is 1. The minimum absolute atomic E-state index is 0.0405. The van der Waals surface area contributed by atoms with E-state index in [1.807, 2.05) is 6.07 Å². The number of furan rings is 1. The number of rotatable bonds is 6. The van der Waals surface area contributed by atoms with E-state index in [2.05, 4.69) is 10.2 Å². The first-order valence-corrected chi connectivity index (χ1v) is 8.96. The minimum atomic E-state index is -0.0781. The summed E-state index contributed by atoms with van der Waals surface area (Å²) in [5.74, 6) is 2.24. The predicted molar refractivity (Wildman–Crippen MR) is 87.6 cm³/mol. The Bertz CT molecular complexity index is 508. The smallest absolute Gasteiger partial charge is 0.237 e. The SMILES string of the molecule is O=C(NCC1CCCCC1)C1CCCN1Cc1ccc(CO)o1. The first-order chi connectivity index (χ1) is 11.3. The van der Waals surface area contributed by atoms with Gasteiger partial charge in [0.1, 0.15) is 18.1 Å². The van der Waals surface area contributed by atoms with E-state index in [-0.39, 0.29) is 18.6 Å². The molecule has 2 fully saturated rings. The van der Waals surface area contributed by atoms with Crippen molar-refractivity contribution < 1.29 is 14.3 Å². The fourth-order valence-corrected chi connectivity index (χ4v) is 3.86. The molecule has 23 heavy (non-hydrogen) atoms. The van der Waals surface area contributed by atoms with E-state index in [0.717, 1.165) is 31.7 Å². The van der Waals surface area contributed by atoms with Crippen LogP contribution in [0, 0.1) is 5.92 Å². The van der Waals surface area contributed by atoms with Gasteiger partial charge in [-0.3, -0.25) is 9.69 Å². The van der Waals surface area contributed by atoms with Gasteiger partial charge in [0.25, 0.3) is 0 Å². The second kappa shape index (κ2) is 7.97. The van der Waals surface area contributed by atoms with E-state index in [0.29, 0.717) is 18.2 Å². The first-order valence-electron chi connectivity index (χ1n) is 8.96. The molecule has 2 N–H and O–H groups in total. The Labute approximate surface area is 138 Å². The van der Waals surface area contributed by atoms with Gasteiger partial charge in [-0.25, -0.2) is 0 Å². The Morgan fingerprint density at radius 1 is 1.17 bits per heavy atom. The number of hydrogen-bond donors (Lipinski definition) is 2. The summed E-state index contributed by atoms with van der Waals surface area (Å²) in [6.45, 7) is 2.32. The van der Waals surface area contributed by atoms with E-state index >= 15 is 0 Å². The van der Waals surface area contributed by atoms with Crippen molar-refractivity contribution in [2.24, 2.45) is 5.92 Å². The molecule has 5 nitrogen and oxygen atoms in total. The predicted octanol–water partition coefficient (Wildman–Crippen LogP) is 2.43. The second-order valence-electron chi connectivity index (χ2n) is 6.90. The van der Waals surface area contributed by atoms with Crippen LogP contribution in [0.1, 0.15) is 56.5 Å². The summed E-state index contributed by atoms with van der Waals surface area (Å²) in [6.07, 6.45) is 8.44. The van der Waals surface area contributed by atoms with Crippen LogP contribution in [-0.4, -0.2) is 35.0 Å². The lowest BCUT2D eigenvalue weighted by molar-refractivity contribution is -0.125. The van der Waals surface area contributed by atoms with Gasteiger partial charge < -0.3 is 14.8 Å². The van der Waals surface area contributed by atoms with Gasteiger partial charge in [0.05, 0.1) is 12.6 Å². The van der Waals surface area contributed by atoms with Crippen LogP contribution < -0.4 is 5.32 Å². The molecule has 1 aromatic rings. The maximum atomic E-state index is 12.5. The molecule has 1 atom stereocenters. The number of nitrogens with zero attached hydrogens (tertiary/aromatic N) is 1. The van der Waals surface area contributed by atoms with Crippen molar-refractivity contribution in [2.45, 2.75) is 64.1 Å². The fourth-order valence-electron chi connectivity index (χ4n) is 3.86. The molecule has 0 aromatic carbocycles. The molecule has 1 saturated heterocycles. The maximum Gasteiger partial charge on any atom is 0.237 e. The maximum absolute atomic E-state index is 12.5. The minimum Gasteiger partial charge on any atom is -0.462 e. The highest BCUT2D eigenvalue weighted by Gasteiger charge is 2.31. The molecular weight excluding hydrogens is 292 g/mol. The molecular formula is C18H28N2O3. The topological polar surface area (TPSA) is 65.7 Å². The molecule has 1 aliphatic heterocycles. The average Bonchev–Trinajstić information content (AvgIpc) is 3.23. The fraction of sp³-hybridized carbons (Fsp3) is 0.722. The van der Waals surface area contributed by atoms with E-state index in [4.69, 9.17) is 9.52 Å². The highest BCUT2D eigenvalue weighted by atomic mass is 16.4. The van der Waals surface area contributed by atoms with Gasteiger partial charge in [-0.1, -0.05) is 19.3 Å². The number of aliphatic hydroxyl groups is 1. The number of hydrogen-bond acceptors (Lipinski definition) is 4. The quantitative estimate of drug-likeness (QED) is 0.845. The Morgan fingerprint density at radius 3 is 2.70 bits per heavy atom. The Balaban J connectivity index is 1.49. The Kier molecular flexibility index (Phi) is 5.73. The Morgan fingerprint density at radius 2 is 1.96 bits per heavy atom. The number of nitrogens with one attached hydrogen (secondary N) is 1. The lowest BCUT2D eigenvalue weighted by Gasteiger charge is -2.25. The largest absolute Gasteiger partial charge is 0.462 e. The monoisotopic (exact) mass is 320 g/mol. The molecule has 1 unspecified atom stereocenters. The van der Waals surface area contributed by atoms with Gasteiger partial charge in [-0.15, -0.1) is 0 Å². The third-order valence-electron chi connectivity index (χ3n) is 5.19. The van der Waals surface area contributed by atoms with Crippen molar-refractivity contribution in [3.8, 4) is 0 Å². The molecule has 1 amide bonds. The van der Waals surface area contributed by atoms with Crippen molar-refractivity contribution >= 4 is 5.91 Å². The van der Waals surface area contributed by atoms with Crippen LogP contribution in [0.4, 0.5) is 0 Å². The summed E-state index contributed by atoms with van der Waals surface area (Å²) < 4.78 is 5.55. The second-order valence-corrected chi connectivity index (χ2v) is 6.90. The van der Waals surface area contributed by atoms with Crippen molar-refractivity contribution in [3.05, 3.63) is 23.7 Å². The van der Waals surface area contributed by atoms with E-state index in [1.165, 1.54) is 32.1 Å². The zero-order valence-electron chi connectivity index (χ0n) is 13.8. The normalized spacial score (nSPS) is 23.3. The lowest BCUT2D eigenvalue weighted by atomic mass is 9.89. The zero-order valence-corrected chi connectivity index (χ0v) is 13.8. The molecule has 3 rings (SSSR count). The molecule has 1 aromatic heterocycles. The van der Waals surface area contributed by atoms with E-state index in [1.54, 1.807) is 6.07 Å². The van der Waals surface area contributed by atoms with Gasteiger partial charge in [0.2, 0.25) is 5.91 Å². The summed E-state index contributed by atoms with van der Waals surface area (Å²) in [7, 11) is 0. The molecule has 128 valence electrons. The lowest BCUT2D eigenvalue weighted by Crippen LogP contribution is -2.44. The number of likely N-dealkylation sites (tertiary alicyclic amines) is 1. The van der Waals surface area contributed by atoms with Crippen LogP contribution in [-0.2, 0) is 17.9 Å². The summed E-state index contributed by atoms with van der Waals surface area (Å²) in [6, 6.07) is 3.64. The standard InChI is InChI=1S/C18H28N2O3/c21-13-16-9-8-15(23-16)12-20-10-4-7-17(20)18(22)19-11-14-5-2-1-3-6-14/h8-9,14,17,21H,1-7,10-13H2,(H,19,22). The number of amides is 1. The highest BCUT2D eigenvalue weighted by molar-refractivity contribution is 5.82. The van der Waals surface area contributed by atoms with Crippen molar-refractivity contribution in [2.75, 3.05) is 13.1 Å². The Hall–Kier alpha value is -1.33. The molecule has 0 bridgehead atoms. The molecule has 2 heterocycles. The van der Waals surface area contributed by atoms with Gasteiger partial charge >= 0.3 is 0 Å². The molecule has 0 radical (unpaired) electrons. The number of aliphatic hydroxyl groups excluding tert-OH is 1.